The summed E-state index contributed by atoms with van der Waals surface area (Å²) < 4.78 is 48.3. The smallest absolute Gasteiger partial charge is 0.416 e. The number of methoxy groups -OCH3 is 2. The van der Waals surface area contributed by atoms with Crippen LogP contribution in [0.25, 0.3) is 0 Å². The van der Waals surface area contributed by atoms with Crippen molar-refractivity contribution >= 4 is 17.4 Å². The van der Waals surface area contributed by atoms with Crippen LogP contribution in [0.5, 0.6) is 11.5 Å². The van der Waals surface area contributed by atoms with Gasteiger partial charge in [0.2, 0.25) is 5.91 Å². The Morgan fingerprint density at radius 1 is 0.963 bits per heavy atom. The Hall–Kier alpha value is -3.03. The van der Waals surface area contributed by atoms with Gasteiger partial charge in [0.1, 0.15) is 0 Å². The molecule has 0 saturated carbocycles. The number of hydrogen-bond donors (Lipinski definition) is 1. The molecule has 0 aliphatic carbocycles. The summed E-state index contributed by atoms with van der Waals surface area (Å²) in [7, 11) is 2.91. The van der Waals surface area contributed by atoms with Gasteiger partial charge in [-0.2, -0.15) is 13.2 Å². The largest absolute Gasteiger partial charge is 0.493 e. The summed E-state index contributed by atoms with van der Waals surface area (Å²) in [6.45, 7) is 0. The summed E-state index contributed by atoms with van der Waals surface area (Å²) in [5.41, 5.74) is -0.491. The Morgan fingerprint density at radius 2 is 1.67 bits per heavy atom. The van der Waals surface area contributed by atoms with E-state index >= 15 is 0 Å². The van der Waals surface area contributed by atoms with Gasteiger partial charge >= 0.3 is 6.18 Å². The highest BCUT2D eigenvalue weighted by Crippen LogP contribution is 2.31. The lowest BCUT2D eigenvalue weighted by molar-refractivity contribution is -0.137. The molecule has 0 atom stereocenters. The number of alkyl halides is 3. The van der Waals surface area contributed by atoms with Crippen molar-refractivity contribution in [2.75, 3.05) is 19.5 Å². The van der Waals surface area contributed by atoms with Gasteiger partial charge in [0.25, 0.3) is 0 Å². The molecule has 1 amide bonds. The summed E-state index contributed by atoms with van der Waals surface area (Å²) >= 11 is 0. The molecule has 0 heterocycles. The minimum Gasteiger partial charge on any atom is -0.493 e. The fraction of sp³-hybridized carbons (Fsp3) is 0.263. The predicted molar refractivity (Wildman–Crippen MR) is 93.2 cm³/mol. The topological polar surface area (TPSA) is 64.6 Å². The summed E-state index contributed by atoms with van der Waals surface area (Å²) in [6.07, 6.45) is -4.76. The molecule has 0 unspecified atom stereocenters. The first-order valence-corrected chi connectivity index (χ1v) is 7.97. The lowest BCUT2D eigenvalue weighted by Crippen LogP contribution is -2.14. The van der Waals surface area contributed by atoms with Crippen molar-refractivity contribution in [1.29, 1.82) is 0 Å². The van der Waals surface area contributed by atoms with E-state index in [0.717, 1.165) is 12.1 Å². The van der Waals surface area contributed by atoms with Gasteiger partial charge in [-0.05, 0) is 36.4 Å². The number of nitrogens with one attached hydrogen (secondary N) is 1. The van der Waals surface area contributed by atoms with Gasteiger partial charge in [-0.1, -0.05) is 6.07 Å². The quantitative estimate of drug-likeness (QED) is 0.726. The van der Waals surface area contributed by atoms with Gasteiger partial charge in [-0.25, -0.2) is 0 Å². The van der Waals surface area contributed by atoms with Crippen molar-refractivity contribution in [2.24, 2.45) is 0 Å². The van der Waals surface area contributed by atoms with E-state index in [1.165, 1.54) is 32.4 Å². The molecular formula is C19H18F3NO4. The van der Waals surface area contributed by atoms with Crippen molar-refractivity contribution in [2.45, 2.75) is 19.0 Å². The Balaban J connectivity index is 1.97. The summed E-state index contributed by atoms with van der Waals surface area (Å²) in [5.74, 6) is 0.00593. The maximum absolute atomic E-state index is 12.7. The molecule has 0 bridgehead atoms. The van der Waals surface area contributed by atoms with E-state index in [1.807, 2.05) is 0 Å². The fourth-order valence-corrected chi connectivity index (χ4v) is 2.38. The van der Waals surface area contributed by atoms with Gasteiger partial charge in [0.15, 0.2) is 17.3 Å². The molecule has 1 N–H and O–H groups in total. The summed E-state index contributed by atoms with van der Waals surface area (Å²) in [4.78, 5) is 24.2. The zero-order valence-corrected chi connectivity index (χ0v) is 14.7. The number of halogens is 3. The molecule has 8 heteroatoms. The van der Waals surface area contributed by atoms with Crippen LogP contribution in [0, 0.1) is 0 Å². The number of amides is 1. The first-order chi connectivity index (χ1) is 12.7. The Morgan fingerprint density at radius 3 is 2.30 bits per heavy atom. The zero-order valence-electron chi connectivity index (χ0n) is 14.7. The van der Waals surface area contributed by atoms with E-state index in [2.05, 4.69) is 5.32 Å². The number of carbonyl (C=O) groups is 2. The lowest BCUT2D eigenvalue weighted by atomic mass is 10.1. The van der Waals surface area contributed by atoms with Crippen LogP contribution in [0.15, 0.2) is 42.5 Å². The van der Waals surface area contributed by atoms with Crippen LogP contribution in [-0.4, -0.2) is 25.9 Å². The molecule has 0 aromatic heterocycles. The average molecular weight is 381 g/mol. The van der Waals surface area contributed by atoms with Crippen LogP contribution in [0.4, 0.5) is 18.9 Å². The van der Waals surface area contributed by atoms with Gasteiger partial charge < -0.3 is 14.8 Å². The van der Waals surface area contributed by atoms with Crippen LogP contribution in [0.3, 0.4) is 0 Å². The third-order valence-corrected chi connectivity index (χ3v) is 3.76. The normalized spacial score (nSPS) is 11.0. The number of hydrogen-bond acceptors (Lipinski definition) is 4. The third-order valence-electron chi connectivity index (χ3n) is 3.76. The highest BCUT2D eigenvalue weighted by molar-refractivity contribution is 6.00. The number of benzene rings is 2. The van der Waals surface area contributed by atoms with Gasteiger partial charge in [0.05, 0.1) is 19.8 Å². The van der Waals surface area contributed by atoms with E-state index < -0.39 is 17.6 Å². The van der Waals surface area contributed by atoms with Gasteiger partial charge in [0, 0.05) is 24.1 Å². The van der Waals surface area contributed by atoms with Crippen molar-refractivity contribution in [3.8, 4) is 11.5 Å². The molecule has 0 aliphatic rings. The molecule has 2 aromatic rings. The van der Waals surface area contributed by atoms with Crippen molar-refractivity contribution in [3.05, 3.63) is 53.6 Å². The highest BCUT2D eigenvalue weighted by atomic mass is 19.4. The number of anilines is 1. The van der Waals surface area contributed by atoms with E-state index in [4.69, 9.17) is 9.47 Å². The van der Waals surface area contributed by atoms with E-state index in [9.17, 15) is 22.8 Å². The number of Topliss-reactive ketones (excluding diaryl/α,β-unsaturated/α-hetero) is 1. The average Bonchev–Trinajstić information content (AvgIpc) is 2.65. The standard InChI is InChI=1S/C19H18F3NO4/c1-26-16-8-6-12(10-17(16)27-2)15(24)7-9-18(25)23-14-5-3-4-13(11-14)19(20,21)22/h3-6,8,10-11H,7,9H2,1-2H3,(H,23,25). The zero-order chi connectivity index (χ0) is 20.0. The van der Waals surface area contributed by atoms with Crippen LogP contribution in [0.1, 0.15) is 28.8 Å². The number of ketones is 1. The minimum absolute atomic E-state index is 0.0217. The first kappa shape index (κ1) is 20.3. The molecule has 0 fully saturated rings. The first-order valence-electron chi connectivity index (χ1n) is 7.97. The monoisotopic (exact) mass is 381 g/mol. The second-order valence-electron chi connectivity index (χ2n) is 5.62. The number of rotatable bonds is 7. The fourth-order valence-electron chi connectivity index (χ4n) is 2.38. The van der Waals surface area contributed by atoms with E-state index in [1.54, 1.807) is 12.1 Å². The second-order valence-corrected chi connectivity index (χ2v) is 5.62. The van der Waals surface area contributed by atoms with E-state index in [-0.39, 0.29) is 24.3 Å². The Kier molecular flexibility index (Phi) is 6.44. The van der Waals surface area contributed by atoms with Crippen LogP contribution in [0.2, 0.25) is 0 Å². The number of ether oxygens (including phenoxy) is 2. The molecule has 0 spiro atoms. The van der Waals surface area contributed by atoms with Crippen LogP contribution >= 0.6 is 0 Å². The molecule has 2 rings (SSSR count). The summed E-state index contributed by atoms with van der Waals surface area (Å²) in [6, 6.07) is 8.94. The molecule has 0 radical (unpaired) electrons. The third kappa shape index (κ3) is 5.47. The summed E-state index contributed by atoms with van der Waals surface area (Å²) in [5, 5.41) is 2.37. The van der Waals surface area contributed by atoms with Crippen LogP contribution in [-0.2, 0) is 11.0 Å². The molecule has 0 saturated heterocycles. The minimum atomic E-state index is -4.50. The predicted octanol–water partition coefficient (Wildman–Crippen LogP) is 4.32. The molecule has 2 aromatic carbocycles. The van der Waals surface area contributed by atoms with Gasteiger partial charge in [-0.3, -0.25) is 9.59 Å². The SMILES string of the molecule is COc1ccc(C(=O)CCC(=O)Nc2cccc(C(F)(F)F)c2)cc1OC. The van der Waals surface area contributed by atoms with Crippen LogP contribution < -0.4 is 14.8 Å². The van der Waals surface area contributed by atoms with Crippen molar-refractivity contribution < 1.29 is 32.2 Å². The maximum Gasteiger partial charge on any atom is 0.416 e. The number of carbonyl (C=O) groups excluding carboxylic acids is 2. The Labute approximate surface area is 154 Å². The molecule has 0 aliphatic heterocycles. The molecule has 27 heavy (non-hydrogen) atoms. The lowest BCUT2D eigenvalue weighted by Gasteiger charge is -2.10. The Bertz CT molecular complexity index is 834. The molecule has 144 valence electrons. The molecular weight excluding hydrogens is 363 g/mol. The molecule has 5 nitrogen and oxygen atoms in total. The van der Waals surface area contributed by atoms with Crippen molar-refractivity contribution in [3.63, 3.8) is 0 Å². The van der Waals surface area contributed by atoms with Crippen molar-refractivity contribution in [1.82, 2.24) is 0 Å². The maximum atomic E-state index is 12.7. The van der Waals surface area contributed by atoms with Gasteiger partial charge in [-0.15, -0.1) is 0 Å². The second kappa shape index (κ2) is 8.57. The highest BCUT2D eigenvalue weighted by Gasteiger charge is 2.30. The van der Waals surface area contributed by atoms with E-state index in [0.29, 0.717) is 17.1 Å².